The molecular weight excluding hydrogens is 180 g/mol. The fraction of sp³-hybridized carbons (Fsp3) is 0.600. The Morgan fingerprint density at radius 2 is 2.36 bits per heavy atom. The second-order valence-electron chi connectivity index (χ2n) is 2.65. The molecule has 0 aliphatic carbocycles. The first-order valence-electron chi connectivity index (χ1n) is 4.49. The highest BCUT2D eigenvalue weighted by Gasteiger charge is 1.95. The van der Waals surface area contributed by atoms with Gasteiger partial charge in [-0.05, 0) is 19.4 Å². The molecule has 14 heavy (non-hydrogen) atoms. The molecule has 0 aliphatic heterocycles. The molecule has 0 heterocycles. The van der Waals surface area contributed by atoms with E-state index in [-0.39, 0.29) is 12.8 Å². The van der Waals surface area contributed by atoms with E-state index in [1.54, 1.807) is 20.2 Å². The smallest absolute Gasteiger partial charge is 0.188 e. The van der Waals surface area contributed by atoms with Crippen LogP contribution >= 0.6 is 0 Å². The Balaban J connectivity index is 4.17. The van der Waals surface area contributed by atoms with Crippen molar-refractivity contribution in [2.75, 3.05) is 13.9 Å². The number of allylic oxidation sites excluding steroid dienone is 2. The van der Waals surface area contributed by atoms with E-state index >= 15 is 0 Å². The Hall–Kier alpha value is -1.34. The van der Waals surface area contributed by atoms with Crippen LogP contribution in [0.15, 0.2) is 16.8 Å². The highest BCUT2D eigenvalue weighted by molar-refractivity contribution is 5.76. The quantitative estimate of drug-likeness (QED) is 0.370. The summed E-state index contributed by atoms with van der Waals surface area (Å²) in [5.74, 6) is 0.636. The summed E-state index contributed by atoms with van der Waals surface area (Å²) in [4.78, 5) is 3.98. The molecular formula is C10H16N2O2. The summed E-state index contributed by atoms with van der Waals surface area (Å²) in [6, 6.07) is 1.66. The molecule has 0 saturated carbocycles. The third-order valence-corrected chi connectivity index (χ3v) is 1.36. The molecule has 0 amide bonds. The van der Waals surface area contributed by atoms with Gasteiger partial charge in [-0.2, -0.15) is 5.26 Å². The Labute approximate surface area is 84.8 Å². The van der Waals surface area contributed by atoms with Gasteiger partial charge in [-0.3, -0.25) is 4.99 Å². The topological polar surface area (TPSA) is 54.6 Å². The molecule has 0 radical (unpaired) electrons. The number of nitrogens with zero attached hydrogens (tertiary/aromatic N) is 2. The van der Waals surface area contributed by atoms with E-state index in [1.807, 2.05) is 19.1 Å². The monoisotopic (exact) mass is 196 g/mol. The minimum absolute atomic E-state index is 0.193. The summed E-state index contributed by atoms with van der Waals surface area (Å²) < 4.78 is 9.97. The van der Waals surface area contributed by atoms with E-state index < -0.39 is 0 Å². The van der Waals surface area contributed by atoms with Gasteiger partial charge in [0.2, 0.25) is 0 Å². The van der Waals surface area contributed by atoms with Gasteiger partial charge in [-0.15, -0.1) is 0 Å². The maximum atomic E-state index is 8.50. The predicted molar refractivity (Wildman–Crippen MR) is 54.9 cm³/mol. The van der Waals surface area contributed by atoms with Crippen molar-refractivity contribution in [2.24, 2.45) is 4.99 Å². The first-order valence-corrected chi connectivity index (χ1v) is 4.49. The normalized spacial score (nSPS) is 14.0. The number of rotatable bonds is 6. The lowest BCUT2D eigenvalue weighted by Crippen LogP contribution is -2.00. The van der Waals surface area contributed by atoms with E-state index in [4.69, 9.17) is 14.7 Å². The van der Waals surface area contributed by atoms with E-state index in [2.05, 4.69) is 4.99 Å². The summed E-state index contributed by atoms with van der Waals surface area (Å²) in [7, 11) is 1.55. The van der Waals surface area contributed by atoms with Gasteiger partial charge in [0.15, 0.2) is 6.79 Å². The average Bonchev–Trinajstić information content (AvgIpc) is 2.21. The Morgan fingerprint density at radius 3 is 2.86 bits per heavy atom. The van der Waals surface area contributed by atoms with Crippen LogP contribution in [0.3, 0.4) is 0 Å². The minimum atomic E-state index is -0.346. The lowest BCUT2D eigenvalue weighted by Gasteiger charge is -2.04. The van der Waals surface area contributed by atoms with Gasteiger partial charge in [-0.1, -0.05) is 6.92 Å². The number of nitriles is 1. The van der Waals surface area contributed by atoms with Gasteiger partial charge >= 0.3 is 0 Å². The lowest BCUT2D eigenvalue weighted by atomic mass is 10.3. The van der Waals surface area contributed by atoms with Crippen LogP contribution in [0, 0.1) is 11.3 Å². The maximum Gasteiger partial charge on any atom is 0.188 e. The van der Waals surface area contributed by atoms with E-state index in [0.717, 1.165) is 6.42 Å². The van der Waals surface area contributed by atoms with Gasteiger partial charge in [0.25, 0.3) is 0 Å². The van der Waals surface area contributed by atoms with Gasteiger partial charge in [0.05, 0.1) is 12.3 Å². The van der Waals surface area contributed by atoms with E-state index in [0.29, 0.717) is 5.76 Å². The second-order valence-corrected chi connectivity index (χ2v) is 2.65. The molecule has 1 atom stereocenters. The maximum absolute atomic E-state index is 8.50. The molecule has 4 nitrogen and oxygen atoms in total. The molecule has 4 heteroatoms. The Morgan fingerprint density at radius 1 is 1.64 bits per heavy atom. The number of hydrogen-bond acceptors (Lipinski definition) is 4. The lowest BCUT2D eigenvalue weighted by molar-refractivity contribution is 0.0129. The predicted octanol–water partition coefficient (Wildman–Crippen LogP) is 1.88. The number of ether oxygens (including phenoxy) is 2. The third-order valence-electron chi connectivity index (χ3n) is 1.36. The highest BCUT2D eigenvalue weighted by Crippen LogP contribution is 1.98. The van der Waals surface area contributed by atoms with E-state index in [9.17, 15) is 0 Å². The molecule has 0 aromatic heterocycles. The molecule has 78 valence electrons. The zero-order chi connectivity index (χ0) is 10.8. The molecule has 0 N–H and O–H groups in total. The standard InChI is InChI=1S/C10H16N2O2/c1-4-5-10(14-8-13-3)7-12-9(2)6-11/h5,7,9H,4,8H2,1-3H3/b10-5+,12-7?. The fourth-order valence-corrected chi connectivity index (χ4v) is 0.696. The van der Waals surface area contributed by atoms with Crippen LogP contribution in [-0.4, -0.2) is 26.2 Å². The molecule has 0 aromatic rings. The summed E-state index contributed by atoms with van der Waals surface area (Å²) in [6.07, 6.45) is 4.29. The van der Waals surface area contributed by atoms with Crippen LogP contribution in [0.4, 0.5) is 0 Å². The Bertz CT molecular complexity index is 241. The second kappa shape index (κ2) is 8.27. The van der Waals surface area contributed by atoms with E-state index in [1.165, 1.54) is 0 Å². The average molecular weight is 196 g/mol. The van der Waals surface area contributed by atoms with Gasteiger partial charge in [0.1, 0.15) is 11.8 Å². The largest absolute Gasteiger partial charge is 0.466 e. The molecule has 0 bridgehead atoms. The van der Waals surface area contributed by atoms with Crippen LogP contribution in [-0.2, 0) is 9.47 Å². The van der Waals surface area contributed by atoms with Crippen molar-refractivity contribution in [3.05, 3.63) is 11.8 Å². The zero-order valence-electron chi connectivity index (χ0n) is 8.86. The van der Waals surface area contributed by atoms with Crippen molar-refractivity contribution in [1.82, 2.24) is 0 Å². The SMILES string of the molecule is CC/C=C(\C=NC(C)C#N)OCOC. The first kappa shape index (κ1) is 12.7. The van der Waals surface area contributed by atoms with Crippen LogP contribution in [0.5, 0.6) is 0 Å². The summed E-state index contributed by atoms with van der Waals surface area (Å²) >= 11 is 0. The Kier molecular flexibility index (Phi) is 7.48. The van der Waals surface area contributed by atoms with Crippen LogP contribution < -0.4 is 0 Å². The van der Waals surface area contributed by atoms with Gasteiger partial charge < -0.3 is 9.47 Å². The molecule has 0 spiro atoms. The number of aliphatic imine (C=N–C) groups is 1. The summed E-state index contributed by atoms with van der Waals surface area (Å²) in [5.41, 5.74) is 0. The number of methoxy groups -OCH3 is 1. The summed E-state index contributed by atoms with van der Waals surface area (Å²) in [6.45, 7) is 3.91. The van der Waals surface area contributed by atoms with Crippen LogP contribution in [0.1, 0.15) is 20.3 Å². The third kappa shape index (κ3) is 6.21. The van der Waals surface area contributed by atoms with Crippen LogP contribution in [0.25, 0.3) is 0 Å². The van der Waals surface area contributed by atoms with Gasteiger partial charge in [-0.25, -0.2) is 0 Å². The van der Waals surface area contributed by atoms with Crippen molar-refractivity contribution >= 4 is 6.21 Å². The van der Waals surface area contributed by atoms with Crippen molar-refractivity contribution in [3.8, 4) is 6.07 Å². The molecule has 0 rings (SSSR count). The molecule has 0 aromatic carbocycles. The van der Waals surface area contributed by atoms with Crippen molar-refractivity contribution < 1.29 is 9.47 Å². The molecule has 0 fully saturated rings. The molecule has 1 unspecified atom stereocenters. The number of hydrogen-bond donors (Lipinski definition) is 0. The zero-order valence-corrected chi connectivity index (χ0v) is 8.86. The van der Waals surface area contributed by atoms with Gasteiger partial charge in [0, 0.05) is 7.11 Å². The fourth-order valence-electron chi connectivity index (χ4n) is 0.696. The van der Waals surface area contributed by atoms with Crippen molar-refractivity contribution in [3.63, 3.8) is 0 Å². The van der Waals surface area contributed by atoms with Crippen molar-refractivity contribution in [2.45, 2.75) is 26.3 Å². The highest BCUT2D eigenvalue weighted by atomic mass is 16.7. The van der Waals surface area contributed by atoms with Crippen molar-refractivity contribution in [1.29, 1.82) is 5.26 Å². The minimum Gasteiger partial charge on any atom is -0.466 e. The summed E-state index contributed by atoms with van der Waals surface area (Å²) in [5, 5.41) is 8.50. The first-order chi connectivity index (χ1) is 6.74. The molecule has 0 aliphatic rings. The molecule has 0 saturated heterocycles. The van der Waals surface area contributed by atoms with Crippen LogP contribution in [0.2, 0.25) is 0 Å².